The van der Waals surface area contributed by atoms with E-state index in [1.807, 2.05) is 0 Å². The minimum Gasteiger partial charge on any atom is -0.389 e. The van der Waals surface area contributed by atoms with E-state index in [1.165, 1.54) is 31.2 Å². The van der Waals surface area contributed by atoms with E-state index in [1.54, 1.807) is 0 Å². The van der Waals surface area contributed by atoms with Gasteiger partial charge in [-0.1, -0.05) is 43.2 Å². The van der Waals surface area contributed by atoms with E-state index >= 15 is 0 Å². The maximum absolute atomic E-state index is 10.6. The van der Waals surface area contributed by atoms with Crippen LogP contribution in [0.15, 0.2) is 30.3 Å². The van der Waals surface area contributed by atoms with Crippen molar-refractivity contribution in [2.24, 2.45) is 5.92 Å². The van der Waals surface area contributed by atoms with Crippen LogP contribution in [0, 0.1) is 5.92 Å². The van der Waals surface area contributed by atoms with E-state index in [-0.39, 0.29) is 11.6 Å². The van der Waals surface area contributed by atoms with Crippen LogP contribution in [0.5, 0.6) is 0 Å². The minimum absolute atomic E-state index is 0.152. The summed E-state index contributed by atoms with van der Waals surface area (Å²) in [7, 11) is 0. The van der Waals surface area contributed by atoms with Crippen LogP contribution in [-0.4, -0.2) is 55.1 Å². The zero-order valence-corrected chi connectivity index (χ0v) is 15.1. The molecule has 3 fully saturated rings. The number of ether oxygens (including phenoxy) is 2. The first-order chi connectivity index (χ1) is 12.3. The van der Waals surface area contributed by atoms with Crippen LogP contribution in [-0.2, 0) is 15.0 Å². The first-order valence-electron chi connectivity index (χ1n) is 9.97. The molecule has 0 unspecified atom stereocenters. The maximum Gasteiger partial charge on any atom is 0.0900 e. The molecule has 0 aromatic heterocycles. The van der Waals surface area contributed by atoms with Crippen LogP contribution in [0.3, 0.4) is 0 Å². The summed E-state index contributed by atoms with van der Waals surface area (Å²) in [5.41, 5.74) is 1.59. The van der Waals surface area contributed by atoms with Crippen LogP contribution in [0.25, 0.3) is 0 Å². The number of aliphatic hydroxyl groups excluding tert-OH is 1. The van der Waals surface area contributed by atoms with Crippen molar-refractivity contribution in [3.8, 4) is 0 Å². The molecule has 25 heavy (non-hydrogen) atoms. The highest BCUT2D eigenvalue weighted by Gasteiger charge is 2.54. The summed E-state index contributed by atoms with van der Waals surface area (Å²) >= 11 is 0. The number of likely N-dealkylation sites (tertiary alicyclic amines) is 1. The molecule has 4 rings (SSSR count). The molecule has 4 heteroatoms. The first kappa shape index (κ1) is 17.5. The molecule has 0 spiro atoms. The fourth-order valence-corrected chi connectivity index (χ4v) is 5.13. The smallest absolute Gasteiger partial charge is 0.0900 e. The van der Waals surface area contributed by atoms with Gasteiger partial charge in [0.2, 0.25) is 0 Å². The summed E-state index contributed by atoms with van der Waals surface area (Å²) in [6, 6.07) is 10.9. The van der Waals surface area contributed by atoms with Crippen molar-refractivity contribution in [1.82, 2.24) is 4.90 Å². The lowest BCUT2D eigenvalue weighted by Crippen LogP contribution is -2.67. The van der Waals surface area contributed by atoms with E-state index < -0.39 is 6.10 Å². The second-order valence-corrected chi connectivity index (χ2v) is 7.94. The molecular formula is C21H31NO3. The van der Waals surface area contributed by atoms with Gasteiger partial charge < -0.3 is 14.6 Å². The van der Waals surface area contributed by atoms with Gasteiger partial charge in [0.1, 0.15) is 0 Å². The van der Waals surface area contributed by atoms with Gasteiger partial charge in [0.25, 0.3) is 0 Å². The zero-order valence-electron chi connectivity index (χ0n) is 15.1. The number of benzene rings is 1. The summed E-state index contributed by atoms with van der Waals surface area (Å²) < 4.78 is 11.3. The lowest BCUT2D eigenvalue weighted by atomic mass is 9.61. The largest absolute Gasteiger partial charge is 0.389 e. The van der Waals surface area contributed by atoms with Gasteiger partial charge in [0.05, 0.1) is 24.4 Å². The fraction of sp³-hybridized carbons (Fsp3) is 0.714. The SMILES string of the molecule is O[C@H](COC1CCOCC1)CN1C[C@H]2CCCC[C@]21c1ccccc1. The Morgan fingerprint density at radius 2 is 1.96 bits per heavy atom. The molecule has 138 valence electrons. The van der Waals surface area contributed by atoms with E-state index in [0.29, 0.717) is 13.2 Å². The topological polar surface area (TPSA) is 41.9 Å². The van der Waals surface area contributed by atoms with Crippen molar-refractivity contribution in [1.29, 1.82) is 0 Å². The summed E-state index contributed by atoms with van der Waals surface area (Å²) in [6.45, 7) is 3.84. The van der Waals surface area contributed by atoms with Crippen LogP contribution >= 0.6 is 0 Å². The van der Waals surface area contributed by atoms with Crippen molar-refractivity contribution in [3.63, 3.8) is 0 Å². The Morgan fingerprint density at radius 3 is 2.72 bits per heavy atom. The van der Waals surface area contributed by atoms with E-state index in [9.17, 15) is 5.11 Å². The number of rotatable bonds is 6. The Morgan fingerprint density at radius 1 is 1.16 bits per heavy atom. The number of fused-ring (bicyclic) bond motifs is 1. The number of aliphatic hydroxyl groups is 1. The summed E-state index contributed by atoms with van der Waals surface area (Å²) in [5.74, 6) is 0.743. The minimum atomic E-state index is -0.411. The van der Waals surface area contributed by atoms with Gasteiger partial charge in [-0.15, -0.1) is 0 Å². The Balaban J connectivity index is 1.38. The molecule has 0 amide bonds. The molecule has 3 aliphatic rings. The predicted octanol–water partition coefficient (Wildman–Crippen LogP) is 2.94. The van der Waals surface area contributed by atoms with Crippen LogP contribution in [0.2, 0.25) is 0 Å². The van der Waals surface area contributed by atoms with E-state index in [2.05, 4.69) is 35.2 Å². The molecule has 2 heterocycles. The van der Waals surface area contributed by atoms with Crippen LogP contribution in [0.4, 0.5) is 0 Å². The molecule has 1 saturated carbocycles. The van der Waals surface area contributed by atoms with Crippen LogP contribution < -0.4 is 0 Å². The Kier molecular flexibility index (Phi) is 5.41. The molecule has 1 aromatic carbocycles. The molecule has 3 atom stereocenters. The third kappa shape index (κ3) is 3.50. The lowest BCUT2D eigenvalue weighted by Gasteiger charge is -2.62. The quantitative estimate of drug-likeness (QED) is 0.861. The van der Waals surface area contributed by atoms with E-state index in [4.69, 9.17) is 9.47 Å². The standard InChI is InChI=1S/C21H31NO3/c23-19(16-25-20-9-12-24-13-10-20)15-22-14-18-8-4-5-11-21(18,22)17-6-2-1-3-7-17/h1-3,6-7,18-20,23H,4-5,8-16H2/t18-,19+,21+/m1/s1. The van der Waals surface area contributed by atoms with Crippen molar-refractivity contribution >= 4 is 0 Å². The molecule has 2 aliphatic heterocycles. The van der Waals surface area contributed by atoms with Gasteiger partial charge >= 0.3 is 0 Å². The highest BCUT2D eigenvalue weighted by molar-refractivity contribution is 5.30. The van der Waals surface area contributed by atoms with Gasteiger partial charge in [-0.05, 0) is 37.2 Å². The van der Waals surface area contributed by atoms with Crippen molar-refractivity contribution in [2.75, 3.05) is 32.9 Å². The average Bonchev–Trinajstić information content (AvgIpc) is 2.66. The highest BCUT2D eigenvalue weighted by atomic mass is 16.5. The molecule has 0 radical (unpaired) electrons. The predicted molar refractivity (Wildman–Crippen MR) is 97.5 cm³/mol. The summed E-state index contributed by atoms with van der Waals surface area (Å²) in [4.78, 5) is 2.52. The van der Waals surface area contributed by atoms with Crippen molar-refractivity contribution in [3.05, 3.63) is 35.9 Å². The zero-order chi connectivity index (χ0) is 17.1. The monoisotopic (exact) mass is 345 g/mol. The number of hydrogen-bond acceptors (Lipinski definition) is 4. The fourth-order valence-electron chi connectivity index (χ4n) is 5.13. The second kappa shape index (κ2) is 7.75. The molecule has 0 bridgehead atoms. The molecular weight excluding hydrogens is 314 g/mol. The number of hydrogen-bond donors (Lipinski definition) is 1. The summed E-state index contributed by atoms with van der Waals surface area (Å²) in [6.07, 6.45) is 6.92. The molecule has 1 aromatic rings. The van der Waals surface area contributed by atoms with Crippen molar-refractivity contribution in [2.45, 2.75) is 56.3 Å². The van der Waals surface area contributed by atoms with Gasteiger partial charge in [-0.25, -0.2) is 0 Å². The highest BCUT2D eigenvalue weighted by Crippen LogP contribution is 2.53. The third-order valence-electron chi connectivity index (χ3n) is 6.44. The molecule has 1 N–H and O–H groups in total. The number of β-amino-alcohol motifs (C(OH)–C–C–N with tert-alkyl or cyclic N) is 1. The van der Waals surface area contributed by atoms with Crippen molar-refractivity contribution < 1.29 is 14.6 Å². The van der Waals surface area contributed by atoms with Gasteiger partial charge in [0, 0.05) is 26.3 Å². The average molecular weight is 345 g/mol. The Bertz CT molecular complexity index is 545. The van der Waals surface area contributed by atoms with Crippen LogP contribution in [0.1, 0.15) is 44.1 Å². The van der Waals surface area contributed by atoms with E-state index in [0.717, 1.165) is 38.5 Å². The normalized spacial score (nSPS) is 32.0. The Labute approximate surface area is 151 Å². The summed E-state index contributed by atoms with van der Waals surface area (Å²) in [5, 5.41) is 10.6. The molecule has 1 aliphatic carbocycles. The van der Waals surface area contributed by atoms with Gasteiger partial charge in [-0.3, -0.25) is 4.90 Å². The molecule has 2 saturated heterocycles. The maximum atomic E-state index is 10.6. The second-order valence-electron chi connectivity index (χ2n) is 7.94. The third-order valence-corrected chi connectivity index (χ3v) is 6.44. The number of nitrogens with zero attached hydrogens (tertiary/aromatic N) is 1. The Hall–Kier alpha value is -0.940. The first-order valence-corrected chi connectivity index (χ1v) is 9.97. The van der Waals surface area contributed by atoms with Gasteiger partial charge in [-0.2, -0.15) is 0 Å². The molecule has 4 nitrogen and oxygen atoms in total. The lowest BCUT2D eigenvalue weighted by molar-refractivity contribution is -0.141. The van der Waals surface area contributed by atoms with Gasteiger partial charge in [0.15, 0.2) is 0 Å².